The first-order valence-electron chi connectivity index (χ1n) is 5.80. The second-order valence-electron chi connectivity index (χ2n) is 4.02. The summed E-state index contributed by atoms with van der Waals surface area (Å²) in [6, 6.07) is 5.35. The topological polar surface area (TPSA) is 102 Å². The van der Waals surface area contributed by atoms with E-state index in [0.717, 1.165) is 0 Å². The van der Waals surface area contributed by atoms with Crippen molar-refractivity contribution in [3.63, 3.8) is 0 Å². The van der Waals surface area contributed by atoms with Crippen molar-refractivity contribution in [2.45, 2.75) is 19.4 Å². The molecule has 0 aromatic heterocycles. The number of carbonyl (C=O) groups excluding carboxylic acids is 1. The molecule has 2 N–H and O–H groups in total. The van der Waals surface area contributed by atoms with E-state index >= 15 is 0 Å². The zero-order valence-corrected chi connectivity index (χ0v) is 10.5. The van der Waals surface area contributed by atoms with Crippen LogP contribution in [0.25, 0.3) is 0 Å². The van der Waals surface area contributed by atoms with E-state index in [1.54, 1.807) is 6.92 Å². The summed E-state index contributed by atoms with van der Waals surface area (Å²) in [5.74, 6) is 0.0786. The third kappa shape index (κ3) is 5.35. The molecule has 1 amide bonds. The molecule has 1 rings (SSSR count). The minimum absolute atomic E-state index is 0.00462. The molecule has 0 heterocycles. The lowest BCUT2D eigenvalue weighted by atomic mass is 10.2. The number of carbonyl (C=O) groups is 1. The van der Waals surface area contributed by atoms with Crippen molar-refractivity contribution in [3.05, 3.63) is 34.4 Å². The number of benzene rings is 1. The van der Waals surface area contributed by atoms with Gasteiger partial charge in [-0.3, -0.25) is 14.9 Å². The number of hydrogen-bond acceptors (Lipinski definition) is 5. The van der Waals surface area contributed by atoms with Gasteiger partial charge in [0.2, 0.25) is 0 Å². The molecular formula is C12H16N2O5. The molecule has 1 atom stereocenters. The molecule has 19 heavy (non-hydrogen) atoms. The lowest BCUT2D eigenvalue weighted by molar-refractivity contribution is -0.384. The van der Waals surface area contributed by atoms with Gasteiger partial charge in [-0.25, -0.2) is 0 Å². The highest BCUT2D eigenvalue weighted by Gasteiger charge is 2.08. The molecule has 7 nitrogen and oxygen atoms in total. The van der Waals surface area contributed by atoms with Crippen LogP contribution in [0.4, 0.5) is 5.69 Å². The predicted octanol–water partition coefficient (Wildman–Crippen LogP) is 0.861. The molecule has 0 saturated carbocycles. The number of nitro groups is 1. The predicted molar refractivity (Wildman–Crippen MR) is 67.9 cm³/mol. The molecule has 104 valence electrons. The number of nitro benzene ring substituents is 1. The van der Waals surface area contributed by atoms with Crippen LogP contribution in [-0.2, 0) is 4.79 Å². The Labute approximate surface area is 110 Å². The van der Waals surface area contributed by atoms with Crippen LogP contribution in [0, 0.1) is 10.1 Å². The summed E-state index contributed by atoms with van der Waals surface area (Å²) in [6.45, 7) is 1.61. The Balaban J connectivity index is 2.39. The van der Waals surface area contributed by atoms with Crippen LogP contribution in [0.1, 0.15) is 13.3 Å². The van der Waals surface area contributed by atoms with Crippen LogP contribution in [0.3, 0.4) is 0 Å². The highest BCUT2D eigenvalue weighted by Crippen LogP contribution is 2.16. The number of nitrogens with one attached hydrogen (secondary N) is 1. The fraction of sp³-hybridized carbons (Fsp3) is 0.417. The van der Waals surface area contributed by atoms with Crippen LogP contribution in [0.5, 0.6) is 5.75 Å². The number of hydrogen-bond donors (Lipinski definition) is 2. The quantitative estimate of drug-likeness (QED) is 0.564. The van der Waals surface area contributed by atoms with E-state index in [2.05, 4.69) is 5.32 Å². The van der Waals surface area contributed by atoms with E-state index in [-0.39, 0.29) is 30.9 Å². The average molecular weight is 268 g/mol. The maximum atomic E-state index is 11.5. The molecule has 0 fully saturated rings. The third-order valence-electron chi connectivity index (χ3n) is 2.39. The van der Waals surface area contributed by atoms with Crippen LogP contribution >= 0.6 is 0 Å². The first kappa shape index (κ1) is 14.9. The molecule has 1 unspecified atom stereocenters. The van der Waals surface area contributed by atoms with E-state index in [1.807, 2.05) is 0 Å². The first-order valence-corrected chi connectivity index (χ1v) is 5.80. The van der Waals surface area contributed by atoms with Gasteiger partial charge in [-0.05, 0) is 25.5 Å². The molecule has 0 radical (unpaired) electrons. The minimum Gasteiger partial charge on any atom is -0.484 e. The van der Waals surface area contributed by atoms with Crippen molar-refractivity contribution in [2.75, 3.05) is 13.2 Å². The van der Waals surface area contributed by atoms with E-state index in [1.165, 1.54) is 24.3 Å². The SMILES string of the molecule is CC(CCO)NC(=O)COc1ccc([N+](=O)[O-])cc1. The van der Waals surface area contributed by atoms with E-state index in [0.29, 0.717) is 12.2 Å². The van der Waals surface area contributed by atoms with Crippen molar-refractivity contribution >= 4 is 11.6 Å². The summed E-state index contributed by atoms with van der Waals surface area (Å²) < 4.78 is 5.18. The minimum atomic E-state index is -0.507. The number of ether oxygens (including phenoxy) is 1. The van der Waals surface area contributed by atoms with Crippen LogP contribution in [0.15, 0.2) is 24.3 Å². The molecule has 0 aliphatic rings. The van der Waals surface area contributed by atoms with Gasteiger partial charge < -0.3 is 15.2 Å². The maximum Gasteiger partial charge on any atom is 0.269 e. The van der Waals surface area contributed by atoms with Crippen molar-refractivity contribution in [1.82, 2.24) is 5.32 Å². The van der Waals surface area contributed by atoms with E-state index < -0.39 is 4.92 Å². The molecule has 0 bridgehead atoms. The van der Waals surface area contributed by atoms with Crippen molar-refractivity contribution in [1.29, 1.82) is 0 Å². The summed E-state index contributed by atoms with van der Waals surface area (Å²) >= 11 is 0. The van der Waals surface area contributed by atoms with Gasteiger partial charge in [-0.1, -0.05) is 0 Å². The Kier molecular flexibility index (Phi) is 5.74. The number of nitrogens with zero attached hydrogens (tertiary/aromatic N) is 1. The van der Waals surface area contributed by atoms with Crippen molar-refractivity contribution in [3.8, 4) is 5.75 Å². The van der Waals surface area contributed by atoms with Gasteiger partial charge in [0.05, 0.1) is 4.92 Å². The third-order valence-corrected chi connectivity index (χ3v) is 2.39. The average Bonchev–Trinajstić information content (AvgIpc) is 2.37. The maximum absolute atomic E-state index is 11.5. The normalized spacial score (nSPS) is 11.7. The summed E-state index contributed by atoms with van der Waals surface area (Å²) in [4.78, 5) is 21.4. The second-order valence-corrected chi connectivity index (χ2v) is 4.02. The monoisotopic (exact) mass is 268 g/mol. The van der Waals surface area contributed by atoms with Crippen molar-refractivity contribution in [2.24, 2.45) is 0 Å². The summed E-state index contributed by atoms with van der Waals surface area (Å²) in [5, 5.41) is 21.8. The van der Waals surface area contributed by atoms with Gasteiger partial charge in [-0.2, -0.15) is 0 Å². The summed E-state index contributed by atoms with van der Waals surface area (Å²) in [6.07, 6.45) is 0.475. The van der Waals surface area contributed by atoms with Gasteiger partial charge in [-0.15, -0.1) is 0 Å². The number of non-ortho nitro benzene ring substituents is 1. The number of rotatable bonds is 7. The highest BCUT2D eigenvalue weighted by molar-refractivity contribution is 5.77. The standard InChI is InChI=1S/C12H16N2O5/c1-9(6-7-15)13-12(16)8-19-11-4-2-10(3-5-11)14(17)18/h2-5,9,15H,6-8H2,1H3,(H,13,16). The molecular weight excluding hydrogens is 252 g/mol. The number of aliphatic hydroxyl groups excluding tert-OH is 1. The lowest BCUT2D eigenvalue weighted by Gasteiger charge is -2.12. The van der Waals surface area contributed by atoms with Gasteiger partial charge in [0.15, 0.2) is 6.61 Å². The molecule has 0 aliphatic heterocycles. The van der Waals surface area contributed by atoms with Gasteiger partial charge in [0.25, 0.3) is 11.6 Å². The molecule has 0 saturated heterocycles. The molecule has 7 heteroatoms. The fourth-order valence-corrected chi connectivity index (χ4v) is 1.40. The molecule has 1 aromatic rings. The van der Waals surface area contributed by atoms with Crippen LogP contribution < -0.4 is 10.1 Å². The lowest BCUT2D eigenvalue weighted by Crippen LogP contribution is -2.36. The Hall–Kier alpha value is -2.15. The Morgan fingerprint density at radius 3 is 2.63 bits per heavy atom. The van der Waals surface area contributed by atoms with Gasteiger partial charge >= 0.3 is 0 Å². The molecule has 1 aromatic carbocycles. The van der Waals surface area contributed by atoms with Crippen molar-refractivity contribution < 1.29 is 19.6 Å². The Morgan fingerprint density at radius 1 is 1.47 bits per heavy atom. The second kappa shape index (κ2) is 7.32. The molecule has 0 aliphatic carbocycles. The zero-order chi connectivity index (χ0) is 14.3. The van der Waals surface area contributed by atoms with Gasteiger partial charge in [0, 0.05) is 24.8 Å². The highest BCUT2D eigenvalue weighted by atomic mass is 16.6. The largest absolute Gasteiger partial charge is 0.484 e. The molecule has 0 spiro atoms. The van der Waals surface area contributed by atoms with Gasteiger partial charge in [0.1, 0.15) is 5.75 Å². The van der Waals surface area contributed by atoms with Crippen LogP contribution in [0.2, 0.25) is 0 Å². The Bertz CT molecular complexity index is 432. The summed E-state index contributed by atoms with van der Waals surface area (Å²) in [5.41, 5.74) is -0.0339. The van der Waals surface area contributed by atoms with Crippen LogP contribution in [-0.4, -0.2) is 35.2 Å². The fourth-order valence-electron chi connectivity index (χ4n) is 1.40. The summed E-state index contributed by atoms with van der Waals surface area (Å²) in [7, 11) is 0. The van der Waals surface area contributed by atoms with E-state index in [4.69, 9.17) is 9.84 Å². The smallest absolute Gasteiger partial charge is 0.269 e. The van der Waals surface area contributed by atoms with E-state index in [9.17, 15) is 14.9 Å². The first-order chi connectivity index (χ1) is 9.02. The Morgan fingerprint density at radius 2 is 2.11 bits per heavy atom. The number of amides is 1. The zero-order valence-electron chi connectivity index (χ0n) is 10.5. The number of aliphatic hydroxyl groups is 1.